The number of fused-ring (bicyclic) bond motifs is 1. The summed E-state index contributed by atoms with van der Waals surface area (Å²) in [6.45, 7) is 5.98. The van der Waals surface area contributed by atoms with Gasteiger partial charge in [-0.1, -0.05) is 0 Å². The van der Waals surface area contributed by atoms with E-state index < -0.39 is 0 Å². The normalized spacial score (nSPS) is 14.6. The van der Waals surface area contributed by atoms with Gasteiger partial charge in [0.1, 0.15) is 11.6 Å². The van der Waals surface area contributed by atoms with Crippen LogP contribution in [0.15, 0.2) is 36.5 Å². The lowest BCUT2D eigenvalue weighted by Crippen LogP contribution is -2.45. The van der Waals surface area contributed by atoms with Gasteiger partial charge in [0.2, 0.25) is 0 Å². The average Bonchev–Trinajstić information content (AvgIpc) is 3.36. The molecule has 1 aliphatic carbocycles. The predicted octanol–water partition coefficient (Wildman–Crippen LogP) is 3.76. The van der Waals surface area contributed by atoms with Crippen molar-refractivity contribution in [1.29, 1.82) is 0 Å². The summed E-state index contributed by atoms with van der Waals surface area (Å²) in [6.07, 6.45) is 4.11. The minimum absolute atomic E-state index is 0.132. The number of amides is 1. The van der Waals surface area contributed by atoms with Crippen LogP contribution in [0.2, 0.25) is 0 Å². The van der Waals surface area contributed by atoms with E-state index in [1.165, 1.54) is 12.1 Å². The molecule has 0 aliphatic heterocycles. The van der Waals surface area contributed by atoms with Crippen LogP contribution in [0.25, 0.3) is 17.0 Å². The molecule has 1 aromatic carbocycles. The molecule has 1 N–H and O–H groups in total. The van der Waals surface area contributed by atoms with Crippen LogP contribution in [0.3, 0.4) is 0 Å². The van der Waals surface area contributed by atoms with E-state index in [0.29, 0.717) is 28.5 Å². The van der Waals surface area contributed by atoms with Crippen molar-refractivity contribution < 1.29 is 9.18 Å². The largest absolute Gasteiger partial charge is 0.347 e. The molecule has 1 aliphatic rings. The maximum Gasteiger partial charge on any atom is 0.255 e. The Hall–Kier alpha value is -2.76. The van der Waals surface area contributed by atoms with Crippen molar-refractivity contribution in [3.63, 3.8) is 0 Å². The highest BCUT2D eigenvalue weighted by Crippen LogP contribution is 2.39. The highest BCUT2D eigenvalue weighted by molar-refractivity contribution is 6.00. The molecule has 134 valence electrons. The summed E-state index contributed by atoms with van der Waals surface area (Å²) in [6, 6.07) is 7.80. The second-order valence-electron chi connectivity index (χ2n) is 7.47. The van der Waals surface area contributed by atoms with E-state index in [-0.39, 0.29) is 17.3 Å². The van der Waals surface area contributed by atoms with Crippen LogP contribution in [-0.4, -0.2) is 25.8 Å². The molecule has 3 aromatic rings. The molecule has 1 amide bonds. The van der Waals surface area contributed by atoms with Crippen LogP contribution in [-0.2, 0) is 0 Å². The summed E-state index contributed by atoms with van der Waals surface area (Å²) >= 11 is 0. The third-order valence-electron chi connectivity index (χ3n) is 5.07. The summed E-state index contributed by atoms with van der Waals surface area (Å²) in [5.74, 6) is 1.29. The van der Waals surface area contributed by atoms with Gasteiger partial charge in [-0.25, -0.2) is 14.4 Å². The Morgan fingerprint density at radius 3 is 2.54 bits per heavy atom. The molecule has 1 fully saturated rings. The Balaban J connectivity index is 1.74. The molecule has 1 saturated carbocycles. The summed E-state index contributed by atoms with van der Waals surface area (Å²) in [5, 5.41) is 3.14. The first kappa shape index (κ1) is 16.7. The highest BCUT2D eigenvalue weighted by atomic mass is 19.1. The summed E-state index contributed by atoms with van der Waals surface area (Å²) in [5.41, 5.74) is 1.56. The molecule has 26 heavy (non-hydrogen) atoms. The van der Waals surface area contributed by atoms with Crippen LogP contribution in [0.1, 0.15) is 42.9 Å². The van der Waals surface area contributed by atoms with Crippen LogP contribution >= 0.6 is 0 Å². The van der Waals surface area contributed by atoms with E-state index in [1.54, 1.807) is 28.8 Å². The number of halogens is 1. The van der Waals surface area contributed by atoms with Gasteiger partial charge in [0, 0.05) is 17.3 Å². The van der Waals surface area contributed by atoms with E-state index in [2.05, 4.69) is 29.1 Å². The van der Waals surface area contributed by atoms with Gasteiger partial charge in [-0.05, 0) is 69.9 Å². The van der Waals surface area contributed by atoms with E-state index in [0.717, 1.165) is 18.7 Å². The minimum Gasteiger partial charge on any atom is -0.347 e. The molecule has 0 bridgehead atoms. The summed E-state index contributed by atoms with van der Waals surface area (Å²) < 4.78 is 15.0. The Morgan fingerprint density at radius 2 is 1.88 bits per heavy atom. The number of benzene rings is 1. The fraction of sp³-hybridized carbons (Fsp3) is 0.350. The van der Waals surface area contributed by atoms with Gasteiger partial charge in [0.05, 0.1) is 5.56 Å². The number of hydrogen-bond donors (Lipinski definition) is 1. The lowest BCUT2D eigenvalue weighted by molar-refractivity contribution is 0.0905. The van der Waals surface area contributed by atoms with Crippen LogP contribution in [0.4, 0.5) is 4.39 Å². The fourth-order valence-electron chi connectivity index (χ4n) is 3.30. The van der Waals surface area contributed by atoms with Crippen molar-refractivity contribution in [2.75, 3.05) is 0 Å². The summed E-state index contributed by atoms with van der Waals surface area (Å²) in [4.78, 5) is 21.9. The maximum absolute atomic E-state index is 13.2. The van der Waals surface area contributed by atoms with Crippen LogP contribution < -0.4 is 5.32 Å². The van der Waals surface area contributed by atoms with Crippen molar-refractivity contribution in [2.45, 2.75) is 39.2 Å². The van der Waals surface area contributed by atoms with Gasteiger partial charge in [-0.15, -0.1) is 0 Å². The van der Waals surface area contributed by atoms with Crippen molar-refractivity contribution in [3.05, 3.63) is 53.7 Å². The molecule has 5 nitrogen and oxygen atoms in total. The van der Waals surface area contributed by atoms with Crippen LogP contribution in [0, 0.1) is 18.7 Å². The molecule has 0 unspecified atom stereocenters. The third-order valence-corrected chi connectivity index (χ3v) is 5.07. The Labute approximate surface area is 151 Å². The molecule has 2 aromatic heterocycles. The quantitative estimate of drug-likeness (QED) is 0.778. The zero-order valence-corrected chi connectivity index (χ0v) is 15.1. The molecule has 6 heteroatoms. The number of nitrogens with one attached hydrogen (secondary N) is 1. The first-order valence-corrected chi connectivity index (χ1v) is 8.79. The van der Waals surface area contributed by atoms with Crippen molar-refractivity contribution in [3.8, 4) is 11.4 Å². The van der Waals surface area contributed by atoms with Crippen molar-refractivity contribution in [1.82, 2.24) is 19.7 Å². The van der Waals surface area contributed by atoms with Gasteiger partial charge in [0.25, 0.3) is 5.91 Å². The Bertz CT molecular complexity index is 987. The molecule has 4 rings (SSSR count). The minimum atomic E-state index is -0.309. The molecule has 0 radical (unpaired) electrons. The number of aryl methyl sites for hydroxylation is 1. The number of carbonyl (C=O) groups is 1. The van der Waals surface area contributed by atoms with E-state index in [1.807, 2.05) is 6.92 Å². The zero-order valence-electron chi connectivity index (χ0n) is 15.1. The number of nitrogens with zero attached hydrogens (tertiary/aromatic N) is 3. The smallest absolute Gasteiger partial charge is 0.255 e. The topological polar surface area (TPSA) is 59.3 Å². The molecular weight excluding hydrogens is 331 g/mol. The lowest BCUT2D eigenvalue weighted by Gasteiger charge is -2.25. The van der Waals surface area contributed by atoms with E-state index in [9.17, 15) is 9.18 Å². The SMILES string of the molecule is Cc1nc(-c2ccc(F)cc2)nc2c(C(=O)NC(C)(C)C3CC3)ccn12. The molecule has 0 atom stereocenters. The monoisotopic (exact) mass is 352 g/mol. The molecule has 0 saturated heterocycles. The van der Waals surface area contributed by atoms with Crippen LogP contribution in [0.5, 0.6) is 0 Å². The number of rotatable bonds is 4. The number of hydrogen-bond acceptors (Lipinski definition) is 3. The molecule has 2 heterocycles. The van der Waals surface area contributed by atoms with E-state index >= 15 is 0 Å². The van der Waals surface area contributed by atoms with Gasteiger partial charge in [0.15, 0.2) is 11.5 Å². The first-order valence-electron chi connectivity index (χ1n) is 8.79. The van der Waals surface area contributed by atoms with Gasteiger partial charge >= 0.3 is 0 Å². The summed E-state index contributed by atoms with van der Waals surface area (Å²) in [7, 11) is 0. The Kier molecular flexibility index (Phi) is 3.79. The standard InChI is InChI=1S/C20H21FN4O/c1-12-22-17(13-4-8-15(21)9-5-13)23-18-16(10-11-25(12)18)19(26)24-20(2,3)14-6-7-14/h4-5,8-11,14H,6-7H2,1-3H3,(H,24,26). The van der Waals surface area contributed by atoms with Gasteiger partial charge < -0.3 is 5.32 Å². The third kappa shape index (κ3) is 2.96. The number of aromatic nitrogens is 3. The molecule has 0 spiro atoms. The predicted molar refractivity (Wildman–Crippen MR) is 97.4 cm³/mol. The Morgan fingerprint density at radius 1 is 1.19 bits per heavy atom. The van der Waals surface area contributed by atoms with Gasteiger partial charge in [-0.3, -0.25) is 9.20 Å². The second kappa shape index (κ2) is 5.90. The molecular formula is C20H21FN4O. The van der Waals surface area contributed by atoms with Crippen molar-refractivity contribution in [2.24, 2.45) is 5.92 Å². The first-order chi connectivity index (χ1) is 12.3. The van der Waals surface area contributed by atoms with Crippen molar-refractivity contribution >= 4 is 11.6 Å². The van der Waals surface area contributed by atoms with E-state index in [4.69, 9.17) is 0 Å². The lowest BCUT2D eigenvalue weighted by atomic mass is 9.98. The van der Waals surface area contributed by atoms with Gasteiger partial charge in [-0.2, -0.15) is 0 Å². The highest BCUT2D eigenvalue weighted by Gasteiger charge is 2.39. The maximum atomic E-state index is 13.2. The second-order valence-corrected chi connectivity index (χ2v) is 7.47. The average molecular weight is 352 g/mol. The zero-order chi connectivity index (χ0) is 18.5. The fourth-order valence-corrected chi connectivity index (χ4v) is 3.30. The number of carbonyl (C=O) groups excluding carboxylic acids is 1.